The van der Waals surface area contributed by atoms with Gasteiger partial charge in [0.15, 0.2) is 5.16 Å². The first kappa shape index (κ1) is 17.2. The van der Waals surface area contributed by atoms with Crippen molar-refractivity contribution in [2.24, 2.45) is 0 Å². The fraction of sp³-hybridized carbons (Fsp3) is 0.211. The molecule has 0 aliphatic rings. The molecule has 3 aromatic rings. The van der Waals surface area contributed by atoms with E-state index in [-0.39, 0.29) is 11.7 Å². The van der Waals surface area contributed by atoms with E-state index in [1.807, 2.05) is 67.8 Å². The van der Waals surface area contributed by atoms with Gasteiger partial charge in [-0.1, -0.05) is 47.7 Å². The summed E-state index contributed by atoms with van der Waals surface area (Å²) in [6.07, 6.45) is 1.64. The van der Waals surface area contributed by atoms with Crippen LogP contribution in [0.1, 0.15) is 16.7 Å². The second kappa shape index (κ2) is 7.53. The van der Waals surface area contributed by atoms with Crippen LogP contribution in [-0.2, 0) is 4.79 Å². The van der Waals surface area contributed by atoms with Crippen LogP contribution in [0.4, 0.5) is 0 Å². The van der Waals surface area contributed by atoms with E-state index in [1.54, 1.807) is 6.33 Å². The molecule has 0 N–H and O–H groups in total. The number of aryl methyl sites for hydroxylation is 3. The minimum atomic E-state index is -0.305. The Balaban J connectivity index is 1.67. The lowest BCUT2D eigenvalue weighted by molar-refractivity contribution is -0.131. The lowest BCUT2D eigenvalue weighted by atomic mass is 10.1. The topological polar surface area (TPSA) is 57.0 Å². The van der Waals surface area contributed by atoms with Crippen LogP contribution in [0, 0.1) is 20.8 Å². The summed E-state index contributed by atoms with van der Waals surface area (Å²) in [7, 11) is 0. The fourth-order valence-corrected chi connectivity index (χ4v) is 3.13. The van der Waals surface area contributed by atoms with Crippen molar-refractivity contribution >= 4 is 17.7 Å². The highest BCUT2D eigenvalue weighted by atomic mass is 32.2. The van der Waals surface area contributed by atoms with E-state index in [1.165, 1.54) is 17.3 Å². The van der Waals surface area contributed by atoms with Crippen LogP contribution < -0.4 is 4.74 Å². The van der Waals surface area contributed by atoms with Crippen molar-refractivity contribution in [2.75, 3.05) is 5.75 Å². The zero-order valence-electron chi connectivity index (χ0n) is 14.4. The second-order valence-electron chi connectivity index (χ2n) is 5.80. The third kappa shape index (κ3) is 4.09. The van der Waals surface area contributed by atoms with Crippen molar-refractivity contribution in [3.8, 4) is 11.4 Å². The van der Waals surface area contributed by atoms with Gasteiger partial charge < -0.3 is 4.74 Å². The van der Waals surface area contributed by atoms with E-state index in [2.05, 4.69) is 10.2 Å². The predicted molar refractivity (Wildman–Crippen MR) is 98.4 cm³/mol. The highest BCUT2D eigenvalue weighted by Gasteiger charge is 2.13. The number of hydrogen-bond acceptors (Lipinski definition) is 5. The number of hydrogen-bond donors (Lipinski definition) is 0. The fourth-order valence-electron chi connectivity index (χ4n) is 2.43. The summed E-state index contributed by atoms with van der Waals surface area (Å²) in [5, 5.41) is 8.70. The maximum absolute atomic E-state index is 12.2. The number of nitrogens with zero attached hydrogens (tertiary/aromatic N) is 3. The van der Waals surface area contributed by atoms with Crippen LogP contribution in [0.2, 0.25) is 0 Å². The minimum Gasteiger partial charge on any atom is -0.425 e. The molecule has 128 valence electrons. The molecular weight excluding hydrogens is 334 g/mol. The highest BCUT2D eigenvalue weighted by molar-refractivity contribution is 7.99. The quantitative estimate of drug-likeness (QED) is 0.396. The van der Waals surface area contributed by atoms with Gasteiger partial charge >= 0.3 is 5.97 Å². The van der Waals surface area contributed by atoms with E-state index in [4.69, 9.17) is 4.74 Å². The van der Waals surface area contributed by atoms with Gasteiger partial charge in [-0.3, -0.25) is 9.36 Å². The Morgan fingerprint density at radius 1 is 1.08 bits per heavy atom. The summed E-state index contributed by atoms with van der Waals surface area (Å²) in [5.74, 6) is 0.493. The number of carbonyl (C=O) groups excluding carboxylic acids is 1. The summed E-state index contributed by atoms with van der Waals surface area (Å²) >= 11 is 1.31. The average molecular weight is 353 g/mol. The SMILES string of the molecule is Cc1ccc(-n2cnnc2SCC(=O)Oc2c(C)cccc2C)cc1. The van der Waals surface area contributed by atoms with Crippen LogP contribution in [-0.4, -0.2) is 26.5 Å². The van der Waals surface area contributed by atoms with E-state index in [0.29, 0.717) is 10.9 Å². The molecule has 0 aliphatic heterocycles. The average Bonchev–Trinajstić information content (AvgIpc) is 3.06. The Morgan fingerprint density at radius 2 is 1.76 bits per heavy atom. The number of aromatic nitrogens is 3. The van der Waals surface area contributed by atoms with Gasteiger partial charge in [-0.2, -0.15) is 0 Å². The number of thioether (sulfide) groups is 1. The van der Waals surface area contributed by atoms with Crippen LogP contribution in [0.5, 0.6) is 5.75 Å². The zero-order valence-corrected chi connectivity index (χ0v) is 15.2. The number of carbonyl (C=O) groups is 1. The molecule has 0 fully saturated rings. The Bertz CT molecular complexity index is 868. The molecule has 0 atom stereocenters. The number of benzene rings is 2. The molecule has 6 heteroatoms. The molecule has 0 saturated heterocycles. The molecule has 0 saturated carbocycles. The van der Waals surface area contributed by atoms with Crippen molar-refractivity contribution in [3.63, 3.8) is 0 Å². The third-order valence-electron chi connectivity index (χ3n) is 3.77. The summed E-state index contributed by atoms with van der Waals surface area (Å²) in [6, 6.07) is 13.8. The van der Waals surface area contributed by atoms with Crippen LogP contribution in [0.3, 0.4) is 0 Å². The molecule has 0 unspecified atom stereocenters. The van der Waals surface area contributed by atoms with Gasteiger partial charge in [-0.15, -0.1) is 10.2 Å². The van der Waals surface area contributed by atoms with Crippen LogP contribution in [0.25, 0.3) is 5.69 Å². The zero-order chi connectivity index (χ0) is 17.8. The van der Waals surface area contributed by atoms with Gasteiger partial charge in [0.2, 0.25) is 0 Å². The molecule has 1 aromatic heterocycles. The van der Waals surface area contributed by atoms with Gasteiger partial charge in [0.05, 0.1) is 5.75 Å². The van der Waals surface area contributed by atoms with Crippen molar-refractivity contribution in [3.05, 3.63) is 65.5 Å². The lowest BCUT2D eigenvalue weighted by Crippen LogP contribution is -2.13. The number of ether oxygens (including phenoxy) is 1. The van der Waals surface area contributed by atoms with Crippen molar-refractivity contribution in [1.82, 2.24) is 14.8 Å². The molecule has 5 nitrogen and oxygen atoms in total. The highest BCUT2D eigenvalue weighted by Crippen LogP contribution is 2.24. The number of rotatable bonds is 5. The summed E-state index contributed by atoms with van der Waals surface area (Å²) in [6.45, 7) is 5.89. The Hall–Kier alpha value is -2.60. The van der Waals surface area contributed by atoms with E-state index in [9.17, 15) is 4.79 Å². The molecular formula is C19H19N3O2S. The smallest absolute Gasteiger partial charge is 0.321 e. The van der Waals surface area contributed by atoms with Gasteiger partial charge in [-0.25, -0.2) is 0 Å². The minimum absolute atomic E-state index is 0.165. The molecule has 0 spiro atoms. The van der Waals surface area contributed by atoms with Crippen LogP contribution in [0.15, 0.2) is 53.9 Å². The van der Waals surface area contributed by atoms with E-state index >= 15 is 0 Å². The van der Waals surface area contributed by atoms with Crippen molar-refractivity contribution < 1.29 is 9.53 Å². The second-order valence-corrected chi connectivity index (χ2v) is 6.75. The maximum Gasteiger partial charge on any atom is 0.321 e. The van der Waals surface area contributed by atoms with Gasteiger partial charge in [0.1, 0.15) is 12.1 Å². The Morgan fingerprint density at radius 3 is 2.44 bits per heavy atom. The normalized spacial score (nSPS) is 10.7. The summed E-state index contributed by atoms with van der Waals surface area (Å²) in [4.78, 5) is 12.2. The first-order valence-corrected chi connectivity index (χ1v) is 8.90. The molecule has 1 heterocycles. The lowest BCUT2D eigenvalue weighted by Gasteiger charge is -2.10. The van der Waals surface area contributed by atoms with Gasteiger partial charge in [0, 0.05) is 5.69 Å². The summed E-state index contributed by atoms with van der Waals surface area (Å²) in [5.41, 5.74) is 4.03. The monoisotopic (exact) mass is 353 g/mol. The molecule has 0 amide bonds. The standard InChI is InChI=1S/C19H19N3O2S/c1-13-7-9-16(10-8-13)22-12-20-21-19(22)25-11-17(23)24-18-14(2)5-4-6-15(18)3/h4-10,12H,11H2,1-3H3. The van der Waals surface area contributed by atoms with Crippen molar-refractivity contribution in [1.29, 1.82) is 0 Å². The molecule has 0 aliphatic carbocycles. The first-order chi connectivity index (χ1) is 12.0. The molecule has 25 heavy (non-hydrogen) atoms. The first-order valence-electron chi connectivity index (χ1n) is 7.91. The Labute approximate surface area is 151 Å². The van der Waals surface area contributed by atoms with Crippen molar-refractivity contribution in [2.45, 2.75) is 25.9 Å². The molecule has 0 bridgehead atoms. The maximum atomic E-state index is 12.2. The number of para-hydroxylation sites is 1. The predicted octanol–water partition coefficient (Wildman–Crippen LogP) is 3.89. The van der Waals surface area contributed by atoms with E-state index in [0.717, 1.165) is 16.8 Å². The van der Waals surface area contributed by atoms with Gasteiger partial charge in [-0.05, 0) is 44.0 Å². The molecule has 2 aromatic carbocycles. The third-order valence-corrected chi connectivity index (χ3v) is 4.69. The number of esters is 1. The molecule has 3 rings (SSSR count). The van der Waals surface area contributed by atoms with E-state index < -0.39 is 0 Å². The Kier molecular flexibility index (Phi) is 5.19. The van der Waals surface area contributed by atoms with Crippen LogP contribution >= 0.6 is 11.8 Å². The summed E-state index contributed by atoms with van der Waals surface area (Å²) < 4.78 is 7.38. The van der Waals surface area contributed by atoms with Gasteiger partial charge in [0.25, 0.3) is 0 Å². The molecule has 0 radical (unpaired) electrons. The largest absolute Gasteiger partial charge is 0.425 e.